The van der Waals surface area contributed by atoms with Gasteiger partial charge in [-0.15, -0.1) is 11.3 Å². The van der Waals surface area contributed by atoms with Crippen LogP contribution in [0.3, 0.4) is 0 Å². The van der Waals surface area contributed by atoms with Crippen molar-refractivity contribution in [2.45, 2.75) is 26.3 Å². The van der Waals surface area contributed by atoms with Crippen molar-refractivity contribution in [1.82, 2.24) is 4.57 Å². The number of aromatic nitrogens is 1. The predicted molar refractivity (Wildman–Crippen MR) is 95.7 cm³/mol. The van der Waals surface area contributed by atoms with Gasteiger partial charge in [-0.2, -0.15) is 0 Å². The van der Waals surface area contributed by atoms with Gasteiger partial charge in [0.1, 0.15) is 10.9 Å². The highest BCUT2D eigenvalue weighted by molar-refractivity contribution is 7.73. The number of para-hydroxylation sites is 1. The van der Waals surface area contributed by atoms with Gasteiger partial charge in [0, 0.05) is 5.22 Å². The smallest absolute Gasteiger partial charge is 0.326 e. The Morgan fingerprint density at radius 3 is 2.68 bits per heavy atom. The maximum absolute atomic E-state index is 12.3. The molecule has 1 atom stereocenters. The molecular formula is C17H16N2O4S2. The highest BCUT2D eigenvalue weighted by Crippen LogP contribution is 2.36. The van der Waals surface area contributed by atoms with Crippen LogP contribution in [0.2, 0.25) is 0 Å². The minimum Gasteiger partial charge on any atom is -0.493 e. The van der Waals surface area contributed by atoms with Crippen molar-refractivity contribution < 1.29 is 19.8 Å². The molecule has 1 amide bonds. The lowest BCUT2D eigenvalue weighted by atomic mass is 10.0. The fraction of sp³-hybridized carbons (Fsp3) is 0.294. The van der Waals surface area contributed by atoms with Crippen molar-refractivity contribution >= 4 is 41.0 Å². The first-order valence-corrected chi connectivity index (χ1v) is 8.93. The normalized spacial score (nSPS) is 14.5. The summed E-state index contributed by atoms with van der Waals surface area (Å²) >= 11 is 6.31. The fourth-order valence-corrected chi connectivity index (χ4v) is 4.30. The van der Waals surface area contributed by atoms with Crippen LogP contribution in [0.4, 0.5) is 0 Å². The van der Waals surface area contributed by atoms with Crippen LogP contribution in [0.15, 0.2) is 29.3 Å². The van der Waals surface area contributed by atoms with Crippen LogP contribution in [-0.2, 0) is 9.59 Å². The number of hydrogen-bond donors (Lipinski definition) is 2. The zero-order valence-electron chi connectivity index (χ0n) is 13.6. The SMILES string of the molecule is CC(C)C[C@H](C(=O)O)n1c(O)c(C2=c3ccccc3=NC2=O)sc1=S. The van der Waals surface area contributed by atoms with Crippen molar-refractivity contribution in [2.75, 3.05) is 0 Å². The van der Waals surface area contributed by atoms with Crippen LogP contribution in [0.25, 0.3) is 5.57 Å². The standard InChI is InChI=1S/C17H16N2O4S2/c1-8(2)7-11(16(22)23)19-15(21)13(25-17(19)24)12-9-5-3-4-6-10(9)18-14(12)20/h3-6,8,11,21H,7H2,1-2H3,(H,22,23)/t11-/m1/s1. The molecule has 0 saturated heterocycles. The van der Waals surface area contributed by atoms with Crippen molar-refractivity contribution in [3.8, 4) is 5.88 Å². The molecule has 1 aliphatic heterocycles. The monoisotopic (exact) mass is 376 g/mol. The summed E-state index contributed by atoms with van der Waals surface area (Å²) < 4.78 is 1.43. The minimum atomic E-state index is -1.07. The van der Waals surface area contributed by atoms with Gasteiger partial charge >= 0.3 is 5.97 Å². The minimum absolute atomic E-state index is 0.0993. The molecule has 1 aromatic carbocycles. The largest absolute Gasteiger partial charge is 0.493 e. The summed E-state index contributed by atoms with van der Waals surface area (Å²) in [7, 11) is 0. The van der Waals surface area contributed by atoms with E-state index in [0.29, 0.717) is 17.0 Å². The van der Waals surface area contributed by atoms with Crippen molar-refractivity contribution in [3.05, 3.63) is 43.7 Å². The Morgan fingerprint density at radius 2 is 2.04 bits per heavy atom. The fourth-order valence-electron chi connectivity index (χ4n) is 2.86. The lowest BCUT2D eigenvalue weighted by molar-refractivity contribution is -0.141. The molecule has 2 heterocycles. The molecule has 2 N–H and O–H groups in total. The number of benzene rings is 1. The lowest BCUT2D eigenvalue weighted by Gasteiger charge is -2.17. The number of rotatable bonds is 5. The van der Waals surface area contributed by atoms with Gasteiger partial charge in [-0.3, -0.25) is 9.36 Å². The van der Waals surface area contributed by atoms with Gasteiger partial charge in [-0.25, -0.2) is 9.79 Å². The van der Waals surface area contributed by atoms with Crippen LogP contribution in [0, 0.1) is 9.87 Å². The summed E-state index contributed by atoms with van der Waals surface area (Å²) in [6.07, 6.45) is 0.317. The van der Waals surface area contributed by atoms with Gasteiger partial charge in [-0.05, 0) is 30.6 Å². The van der Waals surface area contributed by atoms with Crippen molar-refractivity contribution in [1.29, 1.82) is 0 Å². The number of thiazole rings is 1. The number of carbonyl (C=O) groups is 2. The first-order chi connectivity index (χ1) is 11.8. The van der Waals surface area contributed by atoms with Crippen molar-refractivity contribution in [2.24, 2.45) is 10.9 Å². The molecule has 130 valence electrons. The highest BCUT2D eigenvalue weighted by Gasteiger charge is 2.30. The van der Waals surface area contributed by atoms with Crippen LogP contribution in [-0.4, -0.2) is 26.7 Å². The molecule has 0 aliphatic carbocycles. The molecule has 1 aromatic heterocycles. The zero-order valence-corrected chi connectivity index (χ0v) is 15.2. The maximum atomic E-state index is 12.3. The average molecular weight is 376 g/mol. The molecule has 0 unspecified atom stereocenters. The number of aliphatic carboxylic acids is 1. The Hall–Kier alpha value is -2.32. The lowest BCUT2D eigenvalue weighted by Crippen LogP contribution is -2.22. The predicted octanol–water partition coefficient (Wildman–Crippen LogP) is 2.02. The third kappa shape index (κ3) is 3.03. The topological polar surface area (TPSA) is 91.9 Å². The van der Waals surface area contributed by atoms with E-state index < -0.39 is 17.9 Å². The van der Waals surface area contributed by atoms with Crippen LogP contribution >= 0.6 is 23.6 Å². The summed E-state index contributed by atoms with van der Waals surface area (Å²) in [6.45, 7) is 3.79. The third-order valence-corrected chi connectivity index (χ3v) is 5.35. The van der Waals surface area contributed by atoms with E-state index in [1.165, 1.54) is 4.57 Å². The van der Waals surface area contributed by atoms with Crippen molar-refractivity contribution in [3.63, 3.8) is 0 Å². The summed E-state index contributed by atoms with van der Waals surface area (Å²) in [4.78, 5) is 28.2. The number of carboxylic acid groups (broad SMARTS) is 1. The number of amides is 1. The van der Waals surface area contributed by atoms with Gasteiger partial charge in [0.15, 0.2) is 3.95 Å². The Kier molecular flexibility index (Phi) is 4.57. The molecule has 0 saturated carbocycles. The second kappa shape index (κ2) is 6.53. The quantitative estimate of drug-likeness (QED) is 0.779. The van der Waals surface area contributed by atoms with E-state index in [4.69, 9.17) is 12.2 Å². The van der Waals surface area contributed by atoms with E-state index in [2.05, 4.69) is 4.99 Å². The Labute approximate surface area is 152 Å². The number of aromatic hydroxyl groups is 1. The molecular weight excluding hydrogens is 360 g/mol. The molecule has 0 radical (unpaired) electrons. The van der Waals surface area contributed by atoms with Gasteiger partial charge in [0.2, 0.25) is 5.88 Å². The van der Waals surface area contributed by atoms with E-state index in [1.807, 2.05) is 13.8 Å². The number of carboxylic acids is 1. The Bertz CT molecular complexity index is 1050. The Balaban J connectivity index is 2.23. The highest BCUT2D eigenvalue weighted by atomic mass is 32.1. The first-order valence-electron chi connectivity index (χ1n) is 7.71. The third-order valence-electron chi connectivity index (χ3n) is 3.95. The van der Waals surface area contributed by atoms with Crippen LogP contribution in [0.5, 0.6) is 5.88 Å². The van der Waals surface area contributed by atoms with Crippen LogP contribution in [0.1, 0.15) is 31.2 Å². The Morgan fingerprint density at radius 1 is 1.36 bits per heavy atom. The second-order valence-electron chi connectivity index (χ2n) is 6.18. The van der Waals surface area contributed by atoms with Crippen LogP contribution < -0.4 is 10.6 Å². The van der Waals surface area contributed by atoms with Gasteiger partial charge in [-0.1, -0.05) is 32.0 Å². The summed E-state index contributed by atoms with van der Waals surface area (Å²) in [5.74, 6) is -1.73. The maximum Gasteiger partial charge on any atom is 0.326 e. The van der Waals surface area contributed by atoms with E-state index >= 15 is 0 Å². The molecule has 0 spiro atoms. The molecule has 0 bridgehead atoms. The molecule has 6 nitrogen and oxygen atoms in total. The van der Waals surface area contributed by atoms with E-state index in [1.54, 1.807) is 24.3 Å². The molecule has 1 aliphatic rings. The molecule has 0 fully saturated rings. The number of carbonyl (C=O) groups excluding carboxylic acids is 1. The summed E-state index contributed by atoms with van der Waals surface area (Å²) in [5.41, 5.74) is 0.261. The number of hydrogen-bond acceptors (Lipinski definition) is 5. The van der Waals surface area contributed by atoms with E-state index in [0.717, 1.165) is 11.3 Å². The summed E-state index contributed by atoms with van der Waals surface area (Å²) in [6, 6.07) is 6.02. The van der Waals surface area contributed by atoms with Gasteiger partial charge in [0.25, 0.3) is 5.91 Å². The molecule has 8 heteroatoms. The number of nitrogens with zero attached hydrogens (tertiary/aromatic N) is 2. The number of fused-ring (bicyclic) bond motifs is 1. The molecule has 3 rings (SSSR count). The van der Waals surface area contributed by atoms with Gasteiger partial charge in [0.05, 0.1) is 10.9 Å². The van der Waals surface area contributed by atoms with Gasteiger partial charge < -0.3 is 10.2 Å². The zero-order chi connectivity index (χ0) is 18.3. The van der Waals surface area contributed by atoms with E-state index in [-0.39, 0.29) is 26.2 Å². The molecule has 2 aromatic rings. The second-order valence-corrected chi connectivity index (χ2v) is 7.83. The summed E-state index contributed by atoms with van der Waals surface area (Å²) in [5, 5.41) is 21.4. The first kappa shape index (κ1) is 17.5. The molecule has 25 heavy (non-hydrogen) atoms. The average Bonchev–Trinajstić information content (AvgIpc) is 3.00. The van der Waals surface area contributed by atoms with E-state index in [9.17, 15) is 19.8 Å².